The molecule has 0 radical (unpaired) electrons. The van der Waals surface area contributed by atoms with Crippen molar-refractivity contribution in [1.29, 1.82) is 0 Å². The molecule has 3 aliphatic carbocycles. The first-order valence-electron chi connectivity index (χ1n) is 12.7. The van der Waals surface area contributed by atoms with Crippen molar-refractivity contribution in [3.8, 4) is 5.75 Å². The van der Waals surface area contributed by atoms with Crippen LogP contribution in [-0.2, 0) is 25.3 Å². The molecule has 5 unspecified atom stereocenters. The monoisotopic (exact) mass is 541 g/mol. The maximum Gasteiger partial charge on any atom is 0.482 e. The summed E-state index contributed by atoms with van der Waals surface area (Å²) in [6.45, 7) is 7.37. The van der Waals surface area contributed by atoms with Gasteiger partial charge in [-0.25, -0.2) is 13.6 Å². The van der Waals surface area contributed by atoms with Crippen LogP contribution in [0.1, 0.15) is 69.3 Å². The lowest BCUT2D eigenvalue weighted by Crippen LogP contribution is -2.65. The van der Waals surface area contributed by atoms with Gasteiger partial charge in [-0.2, -0.15) is 0 Å². The number of para-hydroxylation sites is 1. The van der Waals surface area contributed by atoms with E-state index in [9.17, 15) is 18.4 Å². The fourth-order valence-electron chi connectivity index (χ4n) is 6.41. The van der Waals surface area contributed by atoms with Gasteiger partial charge in [-0.15, -0.1) is 0 Å². The van der Waals surface area contributed by atoms with Crippen molar-refractivity contribution in [1.82, 2.24) is 5.32 Å². The third kappa shape index (κ3) is 5.47. The molecule has 1 amide bonds. The molecule has 204 valence electrons. The Balaban J connectivity index is 1.60. The molecule has 1 aromatic carbocycles. The van der Waals surface area contributed by atoms with Crippen LogP contribution in [0.4, 0.5) is 8.78 Å². The van der Waals surface area contributed by atoms with Crippen LogP contribution >= 0.6 is 11.6 Å². The first-order valence-corrected chi connectivity index (χ1v) is 13.2. The van der Waals surface area contributed by atoms with E-state index < -0.39 is 42.9 Å². The standard InChI is InChI=1S/C26H35BClF2NO6/c1-24(2)16-12-18(24)26(4)19(13-16)36-27(37-26)20(31-21(32)9-10-25(3,29)30)11-15-7-6-8-17(22(15)34-5)23(33)35-14-28/h6-8,16,18-20H,9-14H2,1-5H3,(H,31,32). The molecule has 4 fully saturated rings. The Hall–Kier alpha value is -1.91. The zero-order chi connectivity index (χ0) is 27.2. The van der Waals surface area contributed by atoms with E-state index in [0.29, 0.717) is 17.4 Å². The van der Waals surface area contributed by atoms with Gasteiger partial charge in [0.15, 0.2) is 6.07 Å². The van der Waals surface area contributed by atoms with Gasteiger partial charge in [0.25, 0.3) is 0 Å². The molecule has 2 bridgehead atoms. The first kappa shape index (κ1) is 28.1. The van der Waals surface area contributed by atoms with Gasteiger partial charge in [-0.3, -0.25) is 4.79 Å². The normalized spacial score (nSPS) is 28.6. The second kappa shape index (κ2) is 10.3. The molecule has 0 aromatic heterocycles. The molecule has 1 heterocycles. The SMILES string of the molecule is COc1c(CC(NC(=O)CCC(C)(F)F)B2OC3CC4CC(C4(C)C)C3(C)O2)cccc1C(=O)OCCl. The summed E-state index contributed by atoms with van der Waals surface area (Å²) in [6.07, 6.45) is 1.08. The van der Waals surface area contributed by atoms with Crippen LogP contribution in [0.5, 0.6) is 5.75 Å². The molecule has 1 saturated heterocycles. The van der Waals surface area contributed by atoms with Gasteiger partial charge in [0, 0.05) is 12.8 Å². The Kier molecular flexibility index (Phi) is 7.86. The number of carbonyl (C=O) groups is 2. The largest absolute Gasteiger partial charge is 0.496 e. The number of rotatable bonds is 10. The third-order valence-electron chi connectivity index (χ3n) is 8.58. The van der Waals surface area contributed by atoms with Crippen LogP contribution in [-0.4, -0.2) is 55.7 Å². The minimum Gasteiger partial charge on any atom is -0.496 e. The van der Waals surface area contributed by atoms with Crippen molar-refractivity contribution in [3.63, 3.8) is 0 Å². The van der Waals surface area contributed by atoms with Crippen molar-refractivity contribution in [3.05, 3.63) is 29.3 Å². The summed E-state index contributed by atoms with van der Waals surface area (Å²) in [4.78, 5) is 25.2. The van der Waals surface area contributed by atoms with E-state index in [0.717, 1.165) is 19.8 Å². The Morgan fingerprint density at radius 1 is 1.30 bits per heavy atom. The molecule has 5 rings (SSSR count). The zero-order valence-corrected chi connectivity index (χ0v) is 22.7. The number of esters is 1. The lowest BCUT2D eigenvalue weighted by Gasteiger charge is -2.64. The number of benzene rings is 1. The molecule has 4 aliphatic rings. The van der Waals surface area contributed by atoms with Gasteiger partial charge in [-0.1, -0.05) is 37.6 Å². The minimum atomic E-state index is -2.96. The van der Waals surface area contributed by atoms with Crippen molar-refractivity contribution in [2.75, 3.05) is 13.2 Å². The smallest absolute Gasteiger partial charge is 0.482 e. The Morgan fingerprint density at radius 2 is 2.03 bits per heavy atom. The van der Waals surface area contributed by atoms with Crippen LogP contribution in [0.2, 0.25) is 0 Å². The quantitative estimate of drug-likeness (QED) is 0.261. The van der Waals surface area contributed by atoms with Crippen LogP contribution in [0.15, 0.2) is 18.2 Å². The summed E-state index contributed by atoms with van der Waals surface area (Å²) in [5.74, 6) is -3.69. The zero-order valence-electron chi connectivity index (χ0n) is 21.9. The van der Waals surface area contributed by atoms with Crippen molar-refractivity contribution in [2.24, 2.45) is 17.3 Å². The van der Waals surface area contributed by atoms with E-state index in [1.165, 1.54) is 7.11 Å². The number of carbonyl (C=O) groups excluding carboxylic acids is 2. The molecule has 1 N–H and O–H groups in total. The van der Waals surface area contributed by atoms with Gasteiger partial charge in [0.1, 0.15) is 11.3 Å². The number of amides is 1. The number of methoxy groups -OCH3 is 1. The average molecular weight is 542 g/mol. The number of halogens is 3. The second-order valence-electron chi connectivity index (χ2n) is 11.3. The topological polar surface area (TPSA) is 83.1 Å². The molecule has 1 aliphatic heterocycles. The van der Waals surface area contributed by atoms with E-state index in [2.05, 4.69) is 26.1 Å². The van der Waals surface area contributed by atoms with Gasteiger partial charge < -0.3 is 24.1 Å². The second-order valence-corrected chi connectivity index (χ2v) is 11.5. The van der Waals surface area contributed by atoms with Crippen LogP contribution in [0.25, 0.3) is 0 Å². The highest BCUT2D eigenvalue weighted by atomic mass is 35.5. The van der Waals surface area contributed by atoms with E-state index in [1.807, 2.05) is 0 Å². The molecule has 11 heteroatoms. The maximum absolute atomic E-state index is 13.4. The fraction of sp³-hybridized carbons (Fsp3) is 0.692. The van der Waals surface area contributed by atoms with E-state index >= 15 is 0 Å². The predicted octanol–water partition coefficient (Wildman–Crippen LogP) is 4.78. The number of nitrogens with one attached hydrogen (secondary N) is 1. The summed E-state index contributed by atoms with van der Waals surface area (Å²) in [7, 11) is 0.639. The molecule has 3 saturated carbocycles. The molecule has 37 heavy (non-hydrogen) atoms. The lowest BCUT2D eigenvalue weighted by atomic mass is 9.43. The molecule has 1 aromatic rings. The fourth-order valence-corrected chi connectivity index (χ4v) is 6.51. The number of alkyl halides is 3. The van der Waals surface area contributed by atoms with E-state index in [1.54, 1.807) is 18.2 Å². The number of hydrogen-bond acceptors (Lipinski definition) is 6. The maximum atomic E-state index is 13.4. The molecular formula is C26H35BClF2NO6. The summed E-state index contributed by atoms with van der Waals surface area (Å²) in [5, 5.41) is 2.87. The van der Waals surface area contributed by atoms with Crippen LogP contribution < -0.4 is 10.1 Å². The Labute approximate surface area is 222 Å². The van der Waals surface area contributed by atoms with Gasteiger partial charge in [-0.05, 0) is 62.0 Å². The Morgan fingerprint density at radius 3 is 2.65 bits per heavy atom. The average Bonchev–Trinajstić information content (AvgIpc) is 3.19. The molecule has 7 nitrogen and oxygen atoms in total. The van der Waals surface area contributed by atoms with E-state index in [-0.39, 0.29) is 41.7 Å². The lowest BCUT2D eigenvalue weighted by molar-refractivity contribution is -0.199. The third-order valence-corrected chi connectivity index (χ3v) is 8.69. The number of ether oxygens (including phenoxy) is 2. The van der Waals surface area contributed by atoms with Gasteiger partial charge in [0.2, 0.25) is 11.8 Å². The summed E-state index contributed by atoms with van der Waals surface area (Å²) >= 11 is 5.56. The van der Waals surface area contributed by atoms with Gasteiger partial charge >= 0.3 is 13.1 Å². The van der Waals surface area contributed by atoms with Crippen molar-refractivity contribution >= 4 is 30.6 Å². The van der Waals surface area contributed by atoms with Crippen LogP contribution in [0.3, 0.4) is 0 Å². The molecule has 5 atom stereocenters. The highest BCUT2D eigenvalue weighted by Gasteiger charge is 2.68. The predicted molar refractivity (Wildman–Crippen MR) is 135 cm³/mol. The first-order chi connectivity index (χ1) is 17.3. The van der Waals surface area contributed by atoms with Crippen molar-refractivity contribution < 1.29 is 37.2 Å². The molecular weight excluding hydrogens is 507 g/mol. The van der Waals surface area contributed by atoms with Gasteiger partial charge in [0.05, 0.1) is 24.8 Å². The van der Waals surface area contributed by atoms with E-state index in [4.69, 9.17) is 30.4 Å². The highest BCUT2D eigenvalue weighted by molar-refractivity contribution is 6.48. The summed E-state index contributed by atoms with van der Waals surface area (Å²) in [5.41, 5.74) is 0.413. The minimum absolute atomic E-state index is 0.124. The molecule has 0 spiro atoms. The summed E-state index contributed by atoms with van der Waals surface area (Å²) < 4.78 is 50.3. The van der Waals surface area contributed by atoms with Crippen LogP contribution in [0, 0.1) is 17.3 Å². The number of hydrogen-bond donors (Lipinski definition) is 1. The Bertz CT molecular complexity index is 1040. The van der Waals surface area contributed by atoms with Crippen molar-refractivity contribution in [2.45, 2.75) is 83.4 Å². The summed E-state index contributed by atoms with van der Waals surface area (Å²) in [6, 6.07) is 4.68. The highest BCUT2D eigenvalue weighted by Crippen LogP contribution is 2.65.